The van der Waals surface area contributed by atoms with E-state index in [4.69, 9.17) is 16.3 Å². The van der Waals surface area contributed by atoms with Crippen LogP contribution < -0.4 is 0 Å². The largest absolute Gasteiger partial charge is 0.379 e. The van der Waals surface area contributed by atoms with Crippen LogP contribution in [0.15, 0.2) is 12.1 Å². The van der Waals surface area contributed by atoms with Crippen molar-refractivity contribution in [2.45, 2.75) is 38.1 Å². The number of hydrogen-bond acceptors (Lipinski definition) is 3. The molecule has 2 atom stereocenters. The van der Waals surface area contributed by atoms with E-state index < -0.39 is 0 Å². The Morgan fingerprint density at radius 2 is 2.21 bits per heavy atom. The normalized spacial score (nSPS) is 25.1. The summed E-state index contributed by atoms with van der Waals surface area (Å²) in [4.78, 5) is 9.31. The minimum absolute atomic E-state index is 0.103. The lowest BCUT2D eigenvalue weighted by atomic mass is 10.0. The Bertz CT molecular complexity index is 614. The van der Waals surface area contributed by atoms with Crippen LogP contribution in [0.2, 0.25) is 0 Å². The predicted octanol–water partition coefficient (Wildman–Crippen LogP) is 3.18. The van der Waals surface area contributed by atoms with E-state index in [0.29, 0.717) is 6.61 Å². The van der Waals surface area contributed by atoms with Crippen molar-refractivity contribution in [3.63, 3.8) is 0 Å². The first kappa shape index (κ1) is 12.9. The summed E-state index contributed by atoms with van der Waals surface area (Å²) in [5.74, 6) is 0.878. The first-order valence-electron chi connectivity index (χ1n) is 6.59. The van der Waals surface area contributed by atoms with E-state index in [1.807, 2.05) is 26.0 Å². The summed E-state index contributed by atoms with van der Waals surface area (Å²) in [5.41, 5.74) is 2.70. The molecule has 0 N–H and O–H groups in total. The van der Waals surface area contributed by atoms with Crippen LogP contribution >= 0.6 is 11.6 Å². The number of rotatable bonds is 2. The van der Waals surface area contributed by atoms with Crippen molar-refractivity contribution in [1.82, 2.24) is 14.5 Å². The number of halogens is 1. The third-order valence-corrected chi connectivity index (χ3v) is 3.96. The number of nitrogens with zero attached hydrogens (tertiary/aromatic N) is 3. The van der Waals surface area contributed by atoms with Gasteiger partial charge in [0.25, 0.3) is 0 Å². The van der Waals surface area contributed by atoms with E-state index in [-0.39, 0.29) is 10.9 Å². The van der Waals surface area contributed by atoms with E-state index in [9.17, 15) is 0 Å². The summed E-state index contributed by atoms with van der Waals surface area (Å²) >= 11 is 6.31. The van der Waals surface area contributed by atoms with Crippen LogP contribution in [0.5, 0.6) is 0 Å². The fraction of sp³-hybridized carbons (Fsp3) is 0.571. The molecule has 19 heavy (non-hydrogen) atoms. The summed E-state index contributed by atoms with van der Waals surface area (Å²) in [5, 5.41) is -0.146. The van der Waals surface area contributed by atoms with Crippen LogP contribution in [0.3, 0.4) is 0 Å². The van der Waals surface area contributed by atoms with Gasteiger partial charge in [-0.05, 0) is 39.3 Å². The van der Waals surface area contributed by atoms with Crippen LogP contribution in [0, 0.1) is 6.92 Å². The molecule has 102 valence electrons. The minimum atomic E-state index is -0.146. The third kappa shape index (κ3) is 2.03. The second-order valence-electron chi connectivity index (χ2n) is 5.52. The summed E-state index contributed by atoms with van der Waals surface area (Å²) < 4.78 is 7.76. The maximum Gasteiger partial charge on any atom is 0.160 e. The smallest absolute Gasteiger partial charge is 0.160 e. The highest BCUT2D eigenvalue weighted by Crippen LogP contribution is 2.35. The lowest BCUT2D eigenvalue weighted by Crippen LogP contribution is -2.32. The van der Waals surface area contributed by atoms with Crippen molar-refractivity contribution >= 4 is 22.8 Å². The van der Waals surface area contributed by atoms with Crippen LogP contribution in [-0.4, -0.2) is 27.7 Å². The van der Waals surface area contributed by atoms with Gasteiger partial charge < -0.3 is 9.30 Å². The van der Waals surface area contributed by atoms with E-state index in [1.54, 1.807) is 0 Å². The van der Waals surface area contributed by atoms with Gasteiger partial charge in [0.1, 0.15) is 11.3 Å². The number of pyridine rings is 1. The summed E-state index contributed by atoms with van der Waals surface area (Å²) in [6.45, 7) is 7.59. The molecule has 5 heteroatoms. The Balaban J connectivity index is 2.29. The molecule has 1 fully saturated rings. The summed E-state index contributed by atoms with van der Waals surface area (Å²) in [6.07, 6.45) is 0.963. The van der Waals surface area contributed by atoms with Gasteiger partial charge in [0, 0.05) is 12.3 Å². The number of aromatic nitrogens is 3. The van der Waals surface area contributed by atoms with Gasteiger partial charge in [0.15, 0.2) is 5.65 Å². The maximum atomic E-state index is 6.31. The number of ether oxygens (including phenoxy) is 1. The Morgan fingerprint density at radius 3 is 2.84 bits per heavy atom. The Morgan fingerprint density at radius 1 is 1.42 bits per heavy atom. The molecule has 0 radical (unpaired) electrons. The molecular weight excluding hydrogens is 262 g/mol. The topological polar surface area (TPSA) is 39.9 Å². The zero-order valence-corrected chi connectivity index (χ0v) is 12.2. The zero-order valence-electron chi connectivity index (χ0n) is 11.5. The molecule has 0 aromatic carbocycles. The second-order valence-corrected chi connectivity index (χ2v) is 6.17. The SMILES string of the molecule is Cc1ccc2nc(C(C)Cl)n(C3(C)CCOC3)c2n1. The van der Waals surface area contributed by atoms with Crippen molar-refractivity contribution in [2.75, 3.05) is 13.2 Å². The third-order valence-electron chi connectivity index (χ3n) is 3.76. The molecule has 1 aliphatic rings. The van der Waals surface area contributed by atoms with E-state index in [1.165, 1.54) is 0 Å². The number of aryl methyl sites for hydroxylation is 1. The number of alkyl halides is 1. The zero-order chi connectivity index (χ0) is 13.6. The van der Waals surface area contributed by atoms with Gasteiger partial charge in [0.2, 0.25) is 0 Å². The monoisotopic (exact) mass is 279 g/mol. The summed E-state index contributed by atoms with van der Waals surface area (Å²) in [6, 6.07) is 3.99. The quantitative estimate of drug-likeness (QED) is 0.793. The van der Waals surface area contributed by atoms with Gasteiger partial charge in [0.05, 0.1) is 17.5 Å². The molecule has 2 unspecified atom stereocenters. The van der Waals surface area contributed by atoms with Gasteiger partial charge in [-0.25, -0.2) is 9.97 Å². The number of hydrogen-bond donors (Lipinski definition) is 0. The van der Waals surface area contributed by atoms with Crippen LogP contribution in [0.1, 0.15) is 37.2 Å². The van der Waals surface area contributed by atoms with E-state index >= 15 is 0 Å². The molecule has 0 bridgehead atoms. The fourth-order valence-corrected chi connectivity index (χ4v) is 2.85. The molecule has 1 aliphatic heterocycles. The van der Waals surface area contributed by atoms with Gasteiger partial charge in [-0.1, -0.05) is 0 Å². The van der Waals surface area contributed by atoms with Crippen molar-refractivity contribution in [1.29, 1.82) is 0 Å². The number of imidazole rings is 1. The average molecular weight is 280 g/mol. The first-order valence-corrected chi connectivity index (χ1v) is 7.03. The van der Waals surface area contributed by atoms with Crippen LogP contribution in [0.4, 0.5) is 0 Å². The van der Waals surface area contributed by atoms with E-state index in [2.05, 4.69) is 21.5 Å². The molecule has 0 aliphatic carbocycles. The van der Waals surface area contributed by atoms with E-state index in [0.717, 1.165) is 35.7 Å². The molecule has 4 nitrogen and oxygen atoms in total. The first-order chi connectivity index (χ1) is 9.01. The van der Waals surface area contributed by atoms with Crippen molar-refractivity contribution in [3.8, 4) is 0 Å². The molecule has 1 saturated heterocycles. The van der Waals surface area contributed by atoms with Crippen LogP contribution in [0.25, 0.3) is 11.2 Å². The average Bonchev–Trinajstić information content (AvgIpc) is 2.93. The lowest BCUT2D eigenvalue weighted by Gasteiger charge is -2.27. The second kappa shape index (κ2) is 4.46. The lowest BCUT2D eigenvalue weighted by molar-refractivity contribution is 0.161. The molecule has 0 saturated carbocycles. The molecule has 3 heterocycles. The van der Waals surface area contributed by atoms with Gasteiger partial charge in [-0.2, -0.15) is 0 Å². The standard InChI is InChI=1S/C14H18ClN3O/c1-9-4-5-11-13(16-9)18(12(17-11)10(2)15)14(3)6-7-19-8-14/h4-5,10H,6-8H2,1-3H3. The van der Waals surface area contributed by atoms with Crippen LogP contribution in [-0.2, 0) is 10.3 Å². The maximum absolute atomic E-state index is 6.31. The molecule has 3 rings (SSSR count). The fourth-order valence-electron chi connectivity index (χ4n) is 2.70. The molecule has 0 amide bonds. The highest BCUT2D eigenvalue weighted by Gasteiger charge is 2.36. The van der Waals surface area contributed by atoms with Crippen molar-refractivity contribution in [2.24, 2.45) is 0 Å². The van der Waals surface area contributed by atoms with Gasteiger partial charge in [-0.3, -0.25) is 0 Å². The van der Waals surface area contributed by atoms with Crippen molar-refractivity contribution < 1.29 is 4.74 Å². The molecule has 2 aromatic rings. The van der Waals surface area contributed by atoms with Gasteiger partial charge >= 0.3 is 0 Å². The predicted molar refractivity (Wildman–Crippen MR) is 75.6 cm³/mol. The Labute approximate surface area is 117 Å². The van der Waals surface area contributed by atoms with Crippen molar-refractivity contribution in [3.05, 3.63) is 23.7 Å². The molecule has 2 aromatic heterocycles. The minimum Gasteiger partial charge on any atom is -0.379 e. The number of fused-ring (bicyclic) bond motifs is 1. The Kier molecular flexibility index (Phi) is 3.02. The highest BCUT2D eigenvalue weighted by molar-refractivity contribution is 6.20. The highest BCUT2D eigenvalue weighted by atomic mass is 35.5. The Hall–Kier alpha value is -1.13. The molecular formula is C14H18ClN3O. The molecule has 0 spiro atoms. The van der Waals surface area contributed by atoms with Gasteiger partial charge in [-0.15, -0.1) is 11.6 Å². The summed E-state index contributed by atoms with van der Waals surface area (Å²) in [7, 11) is 0.